The molecule has 0 unspecified atom stereocenters. The van der Waals surface area contributed by atoms with E-state index < -0.39 is 11.6 Å². The van der Waals surface area contributed by atoms with Crippen LogP contribution < -0.4 is 9.47 Å². The highest BCUT2D eigenvalue weighted by Crippen LogP contribution is 2.30. The first-order valence-corrected chi connectivity index (χ1v) is 10.4. The molecule has 3 aromatic rings. The fourth-order valence-corrected chi connectivity index (χ4v) is 3.27. The SMILES string of the molecule is Cc1cc(/C=C/C(=O)c2cc3ccc(OC(C)C)cc3o2)cc(C)c1OC(C)(C)C(=O)O. The van der Waals surface area contributed by atoms with Gasteiger partial charge in [0.05, 0.1) is 6.10 Å². The van der Waals surface area contributed by atoms with Crippen LogP contribution in [0, 0.1) is 13.8 Å². The van der Waals surface area contributed by atoms with E-state index in [2.05, 4.69) is 0 Å². The molecule has 0 saturated carbocycles. The number of ether oxygens (including phenoxy) is 2. The molecule has 6 heteroatoms. The molecule has 6 nitrogen and oxygen atoms in total. The maximum Gasteiger partial charge on any atom is 0.347 e. The first kappa shape index (κ1) is 23.1. The number of hydrogen-bond acceptors (Lipinski definition) is 5. The Hall–Kier alpha value is -3.54. The van der Waals surface area contributed by atoms with Gasteiger partial charge in [-0.3, -0.25) is 4.79 Å². The number of allylic oxidation sites excluding steroid dienone is 1. The summed E-state index contributed by atoms with van der Waals surface area (Å²) in [5, 5.41) is 10.1. The van der Waals surface area contributed by atoms with Crippen LogP contribution in [0.5, 0.6) is 11.5 Å². The highest BCUT2D eigenvalue weighted by atomic mass is 16.5. The van der Waals surface area contributed by atoms with Crippen LogP contribution >= 0.6 is 0 Å². The van der Waals surface area contributed by atoms with Crippen molar-refractivity contribution in [3.63, 3.8) is 0 Å². The zero-order valence-electron chi connectivity index (χ0n) is 19.2. The molecule has 0 amide bonds. The van der Waals surface area contributed by atoms with E-state index in [1.807, 2.05) is 52.0 Å². The lowest BCUT2D eigenvalue weighted by Gasteiger charge is -2.24. The molecular formula is C26H28O6. The van der Waals surface area contributed by atoms with Crippen LogP contribution in [0.3, 0.4) is 0 Å². The maximum absolute atomic E-state index is 12.6. The lowest BCUT2D eigenvalue weighted by molar-refractivity contribution is -0.152. The number of benzene rings is 2. The van der Waals surface area contributed by atoms with Crippen LogP contribution in [-0.4, -0.2) is 28.6 Å². The number of hydrogen-bond donors (Lipinski definition) is 1. The number of fused-ring (bicyclic) bond motifs is 1. The molecule has 0 aliphatic heterocycles. The number of carbonyl (C=O) groups is 2. The Bertz CT molecular complexity index is 1170. The van der Waals surface area contributed by atoms with Gasteiger partial charge in [-0.05, 0) is 94.6 Å². The van der Waals surface area contributed by atoms with Crippen LogP contribution in [0.1, 0.15) is 54.9 Å². The number of aryl methyl sites for hydroxylation is 2. The molecule has 2 aromatic carbocycles. The van der Waals surface area contributed by atoms with Gasteiger partial charge >= 0.3 is 5.97 Å². The molecule has 0 fully saturated rings. The van der Waals surface area contributed by atoms with E-state index in [-0.39, 0.29) is 17.6 Å². The van der Waals surface area contributed by atoms with E-state index in [1.165, 1.54) is 19.9 Å². The van der Waals surface area contributed by atoms with Crippen molar-refractivity contribution in [1.29, 1.82) is 0 Å². The van der Waals surface area contributed by atoms with Gasteiger partial charge in [0.25, 0.3) is 0 Å². The number of rotatable bonds is 8. The van der Waals surface area contributed by atoms with E-state index >= 15 is 0 Å². The second-order valence-electron chi connectivity index (χ2n) is 8.58. The van der Waals surface area contributed by atoms with Crippen LogP contribution in [0.25, 0.3) is 17.0 Å². The fraction of sp³-hybridized carbons (Fsp3) is 0.308. The monoisotopic (exact) mass is 436 g/mol. The number of ketones is 1. The zero-order chi connectivity index (χ0) is 23.6. The van der Waals surface area contributed by atoms with Gasteiger partial charge in [0.2, 0.25) is 5.78 Å². The molecule has 0 radical (unpaired) electrons. The summed E-state index contributed by atoms with van der Waals surface area (Å²) in [6.07, 6.45) is 3.21. The quantitative estimate of drug-likeness (QED) is 0.346. The first-order valence-electron chi connectivity index (χ1n) is 10.4. The summed E-state index contributed by atoms with van der Waals surface area (Å²) >= 11 is 0. The van der Waals surface area contributed by atoms with Gasteiger partial charge in [-0.25, -0.2) is 4.79 Å². The van der Waals surface area contributed by atoms with Gasteiger partial charge < -0.3 is 19.0 Å². The molecule has 0 saturated heterocycles. The molecule has 0 aliphatic carbocycles. The average Bonchev–Trinajstić information content (AvgIpc) is 3.12. The third kappa shape index (κ3) is 5.19. The fourth-order valence-electron chi connectivity index (χ4n) is 3.27. The summed E-state index contributed by atoms with van der Waals surface area (Å²) in [6, 6.07) is 10.9. The third-order valence-electron chi connectivity index (χ3n) is 4.89. The van der Waals surface area contributed by atoms with Gasteiger partial charge in [-0.15, -0.1) is 0 Å². The van der Waals surface area contributed by atoms with E-state index in [4.69, 9.17) is 13.9 Å². The second-order valence-corrected chi connectivity index (χ2v) is 8.58. The average molecular weight is 437 g/mol. The minimum Gasteiger partial charge on any atom is -0.491 e. The summed E-state index contributed by atoms with van der Waals surface area (Å²) in [5.74, 6) is 0.164. The summed E-state index contributed by atoms with van der Waals surface area (Å²) in [7, 11) is 0. The number of carboxylic acids is 1. The summed E-state index contributed by atoms with van der Waals surface area (Å²) in [4.78, 5) is 24.0. The van der Waals surface area contributed by atoms with E-state index in [0.29, 0.717) is 17.1 Å². The highest BCUT2D eigenvalue weighted by Gasteiger charge is 2.30. The second kappa shape index (κ2) is 8.91. The molecule has 0 aliphatic rings. The number of carboxylic acid groups (broad SMARTS) is 1. The summed E-state index contributed by atoms with van der Waals surface area (Å²) < 4.78 is 17.1. The van der Waals surface area contributed by atoms with Crippen LogP contribution in [0.2, 0.25) is 0 Å². The molecule has 168 valence electrons. The van der Waals surface area contributed by atoms with Crippen LogP contribution in [-0.2, 0) is 4.79 Å². The van der Waals surface area contributed by atoms with Crippen LogP contribution in [0.4, 0.5) is 0 Å². The van der Waals surface area contributed by atoms with Gasteiger partial charge in [0.15, 0.2) is 11.4 Å². The topological polar surface area (TPSA) is 86.0 Å². The van der Waals surface area contributed by atoms with Crippen molar-refractivity contribution in [2.75, 3.05) is 0 Å². The Kier molecular flexibility index (Phi) is 6.44. The molecular weight excluding hydrogens is 408 g/mol. The van der Waals surface area contributed by atoms with Crippen molar-refractivity contribution in [2.24, 2.45) is 0 Å². The highest BCUT2D eigenvalue weighted by molar-refractivity contribution is 6.07. The molecule has 3 rings (SSSR count). The third-order valence-corrected chi connectivity index (χ3v) is 4.89. The minimum absolute atomic E-state index is 0.0466. The molecule has 1 aromatic heterocycles. The lowest BCUT2D eigenvalue weighted by atomic mass is 10.0. The van der Waals surface area contributed by atoms with E-state index in [0.717, 1.165) is 22.1 Å². The zero-order valence-corrected chi connectivity index (χ0v) is 19.2. The molecule has 32 heavy (non-hydrogen) atoms. The molecule has 0 spiro atoms. The molecule has 0 atom stereocenters. The smallest absolute Gasteiger partial charge is 0.347 e. The van der Waals surface area contributed by atoms with Crippen molar-refractivity contribution >= 4 is 28.8 Å². The Morgan fingerprint density at radius 1 is 1.06 bits per heavy atom. The minimum atomic E-state index is -1.34. The Morgan fingerprint density at radius 3 is 2.31 bits per heavy atom. The predicted molar refractivity (Wildman–Crippen MR) is 124 cm³/mol. The Labute approximate surface area is 187 Å². The van der Waals surface area contributed by atoms with Gasteiger partial charge in [0.1, 0.15) is 17.1 Å². The lowest BCUT2D eigenvalue weighted by Crippen LogP contribution is -2.38. The molecule has 1 N–H and O–H groups in total. The Balaban J connectivity index is 1.80. The number of furan rings is 1. The first-order chi connectivity index (χ1) is 15.0. The summed E-state index contributed by atoms with van der Waals surface area (Å²) in [6.45, 7) is 10.6. The standard InChI is InChI=1S/C26H28O6/c1-15(2)30-20-9-8-19-13-23(31-22(19)14-20)21(27)10-7-18-11-16(3)24(17(4)12-18)32-26(5,6)25(28)29/h7-15H,1-6H3,(H,28,29)/b10-7+. The number of carbonyl (C=O) groups excluding carboxylic acids is 1. The van der Waals surface area contributed by atoms with Crippen molar-refractivity contribution in [2.45, 2.75) is 53.2 Å². The normalized spacial score (nSPS) is 12.0. The Morgan fingerprint density at radius 2 is 1.72 bits per heavy atom. The van der Waals surface area contributed by atoms with Crippen molar-refractivity contribution in [3.8, 4) is 11.5 Å². The van der Waals surface area contributed by atoms with Crippen LogP contribution in [0.15, 0.2) is 46.9 Å². The summed E-state index contributed by atoms with van der Waals surface area (Å²) in [5.41, 5.74) is 1.62. The predicted octanol–water partition coefficient (Wildman–Crippen LogP) is 5.97. The number of aliphatic carboxylic acids is 1. The van der Waals surface area contributed by atoms with Crippen molar-refractivity contribution in [1.82, 2.24) is 0 Å². The van der Waals surface area contributed by atoms with Gasteiger partial charge in [-0.2, -0.15) is 0 Å². The molecule has 1 heterocycles. The molecule has 0 bridgehead atoms. The van der Waals surface area contributed by atoms with E-state index in [1.54, 1.807) is 18.2 Å². The van der Waals surface area contributed by atoms with Crippen molar-refractivity contribution < 1.29 is 28.6 Å². The van der Waals surface area contributed by atoms with Gasteiger partial charge in [-0.1, -0.05) is 6.08 Å². The van der Waals surface area contributed by atoms with E-state index in [9.17, 15) is 14.7 Å². The van der Waals surface area contributed by atoms with Gasteiger partial charge in [0, 0.05) is 11.5 Å². The largest absolute Gasteiger partial charge is 0.491 e. The maximum atomic E-state index is 12.6. The van der Waals surface area contributed by atoms with Crippen molar-refractivity contribution in [3.05, 3.63) is 64.9 Å².